The average molecular weight is 409 g/mol. The molecule has 1 heterocycles. The number of nitrogens with zero attached hydrogens (tertiary/aromatic N) is 1. The highest BCUT2D eigenvalue weighted by Crippen LogP contribution is 2.16. The number of amides is 4. The van der Waals surface area contributed by atoms with Gasteiger partial charge >= 0.3 is 0 Å². The number of likely N-dealkylation sites (tertiary alicyclic amines) is 1. The first-order chi connectivity index (χ1) is 14.4. The normalized spacial score (nSPS) is 13.4. The zero-order valence-corrected chi connectivity index (χ0v) is 16.4. The first kappa shape index (κ1) is 21.0. The van der Waals surface area contributed by atoms with Gasteiger partial charge in [0.15, 0.2) is 0 Å². The van der Waals surface area contributed by atoms with Crippen LogP contribution in [-0.4, -0.2) is 46.7 Å². The van der Waals surface area contributed by atoms with Crippen LogP contribution in [0.1, 0.15) is 45.5 Å². The lowest BCUT2D eigenvalue weighted by molar-refractivity contribution is -0.139. The topological polar surface area (TPSA) is 116 Å². The minimum atomic E-state index is -0.289. The molecule has 0 bridgehead atoms. The Kier molecular flexibility index (Phi) is 6.79. The van der Waals surface area contributed by atoms with Crippen molar-refractivity contribution in [3.05, 3.63) is 65.2 Å². The van der Waals surface area contributed by atoms with Crippen LogP contribution in [0.3, 0.4) is 0 Å². The summed E-state index contributed by atoms with van der Waals surface area (Å²) < 4.78 is 0. The van der Waals surface area contributed by atoms with Gasteiger partial charge in [0.25, 0.3) is 11.8 Å². The van der Waals surface area contributed by atoms with Crippen molar-refractivity contribution in [2.24, 2.45) is 0 Å². The van der Waals surface area contributed by atoms with Crippen molar-refractivity contribution in [2.45, 2.75) is 25.8 Å². The predicted octanol–water partition coefficient (Wildman–Crippen LogP) is 1.59. The smallest absolute Gasteiger partial charge is 0.251 e. The molecule has 1 aliphatic rings. The molecule has 3 rings (SSSR count). The molecule has 0 aromatic heterocycles. The zero-order chi connectivity index (χ0) is 21.5. The van der Waals surface area contributed by atoms with Gasteiger partial charge in [-0.25, -0.2) is 0 Å². The number of phenolic OH excluding ortho intramolecular Hbond substituents is 1. The number of phenols is 1. The van der Waals surface area contributed by atoms with Gasteiger partial charge in [0.05, 0.1) is 6.54 Å². The zero-order valence-electron chi connectivity index (χ0n) is 16.4. The first-order valence-corrected chi connectivity index (χ1v) is 9.71. The standard InChI is InChI=1S/C22H23N3O5/c26-18-4-1-3-17(13-18)22(30)24-12-2-11-23-21(29)16-7-5-15(6-8-16)14-25-19(27)9-10-20(25)28/h1,3-8,13,26H,2,9-12,14H2,(H,23,29)(H,24,30). The highest BCUT2D eigenvalue weighted by atomic mass is 16.3. The molecule has 0 spiro atoms. The molecule has 8 heteroatoms. The largest absolute Gasteiger partial charge is 0.508 e. The van der Waals surface area contributed by atoms with Gasteiger partial charge in [-0.05, 0) is 42.3 Å². The number of hydrogen-bond donors (Lipinski definition) is 3. The van der Waals surface area contributed by atoms with E-state index in [9.17, 15) is 24.3 Å². The van der Waals surface area contributed by atoms with Crippen LogP contribution >= 0.6 is 0 Å². The Labute approximate surface area is 173 Å². The van der Waals surface area contributed by atoms with E-state index < -0.39 is 0 Å². The van der Waals surface area contributed by atoms with Crippen LogP contribution in [0, 0.1) is 0 Å². The van der Waals surface area contributed by atoms with Crippen LogP contribution in [0.25, 0.3) is 0 Å². The summed E-state index contributed by atoms with van der Waals surface area (Å²) in [6, 6.07) is 12.8. The van der Waals surface area contributed by atoms with E-state index in [0.29, 0.717) is 30.6 Å². The third-order valence-electron chi connectivity index (χ3n) is 4.74. The molecule has 1 saturated heterocycles. The van der Waals surface area contributed by atoms with E-state index >= 15 is 0 Å². The number of nitrogens with one attached hydrogen (secondary N) is 2. The van der Waals surface area contributed by atoms with E-state index in [1.54, 1.807) is 36.4 Å². The predicted molar refractivity (Wildman–Crippen MR) is 109 cm³/mol. The summed E-state index contributed by atoms with van der Waals surface area (Å²) in [7, 11) is 0. The number of carbonyl (C=O) groups is 4. The maximum atomic E-state index is 12.2. The molecule has 4 amide bonds. The van der Waals surface area contributed by atoms with Crippen LogP contribution < -0.4 is 10.6 Å². The van der Waals surface area contributed by atoms with Crippen molar-refractivity contribution in [3.8, 4) is 5.75 Å². The van der Waals surface area contributed by atoms with Gasteiger partial charge in [-0.2, -0.15) is 0 Å². The first-order valence-electron chi connectivity index (χ1n) is 9.71. The summed E-state index contributed by atoms with van der Waals surface area (Å²) in [6.45, 7) is 0.988. The van der Waals surface area contributed by atoms with E-state index in [4.69, 9.17) is 0 Å². The van der Waals surface area contributed by atoms with Crippen LogP contribution in [0.2, 0.25) is 0 Å². The fraction of sp³-hybridized carbons (Fsp3) is 0.273. The molecule has 0 saturated carbocycles. The Bertz CT molecular complexity index is 940. The summed E-state index contributed by atoms with van der Waals surface area (Å²) in [5.41, 5.74) is 1.63. The SMILES string of the molecule is O=C(NCCCNC(=O)c1cccc(O)c1)c1ccc(CN2C(=O)CCC2=O)cc1. The third kappa shape index (κ3) is 5.44. The quantitative estimate of drug-likeness (QED) is 0.452. The summed E-state index contributed by atoms with van der Waals surface area (Å²) in [5.74, 6) is -0.840. The summed E-state index contributed by atoms with van der Waals surface area (Å²) in [4.78, 5) is 48.8. The van der Waals surface area contributed by atoms with Gasteiger partial charge in [-0.1, -0.05) is 18.2 Å². The summed E-state index contributed by atoms with van der Waals surface area (Å²) >= 11 is 0. The molecule has 0 atom stereocenters. The number of rotatable bonds is 8. The highest BCUT2D eigenvalue weighted by Gasteiger charge is 2.28. The molecule has 0 radical (unpaired) electrons. The van der Waals surface area contributed by atoms with Gasteiger partial charge in [0.1, 0.15) is 5.75 Å². The molecule has 8 nitrogen and oxygen atoms in total. The van der Waals surface area contributed by atoms with Gasteiger partial charge in [0.2, 0.25) is 11.8 Å². The molecule has 2 aromatic rings. The maximum absolute atomic E-state index is 12.2. The molecule has 30 heavy (non-hydrogen) atoms. The Balaban J connectivity index is 1.39. The molecular weight excluding hydrogens is 386 g/mol. The fourth-order valence-corrected chi connectivity index (χ4v) is 3.09. The number of aromatic hydroxyl groups is 1. The second kappa shape index (κ2) is 9.69. The second-order valence-corrected chi connectivity index (χ2v) is 6.99. The van der Waals surface area contributed by atoms with Crippen molar-refractivity contribution < 1.29 is 24.3 Å². The monoisotopic (exact) mass is 409 g/mol. The third-order valence-corrected chi connectivity index (χ3v) is 4.74. The van der Waals surface area contributed by atoms with Gasteiger partial charge in [0, 0.05) is 37.1 Å². The number of imide groups is 1. The number of hydrogen-bond acceptors (Lipinski definition) is 5. The average Bonchev–Trinajstić information content (AvgIpc) is 3.05. The van der Waals surface area contributed by atoms with Crippen LogP contribution in [-0.2, 0) is 16.1 Å². The van der Waals surface area contributed by atoms with Crippen LogP contribution in [0.5, 0.6) is 5.75 Å². The van der Waals surface area contributed by atoms with Crippen LogP contribution in [0.15, 0.2) is 48.5 Å². The Morgan fingerprint density at radius 1 is 0.867 bits per heavy atom. The minimum Gasteiger partial charge on any atom is -0.508 e. The number of carbonyl (C=O) groups excluding carboxylic acids is 4. The van der Waals surface area contributed by atoms with Crippen LogP contribution in [0.4, 0.5) is 0 Å². The summed E-state index contributed by atoms with van der Waals surface area (Å²) in [6.07, 6.45) is 1.06. The number of benzene rings is 2. The van der Waals surface area contributed by atoms with Crippen molar-refractivity contribution in [3.63, 3.8) is 0 Å². The van der Waals surface area contributed by atoms with Crippen molar-refractivity contribution in [1.29, 1.82) is 0 Å². The second-order valence-electron chi connectivity index (χ2n) is 6.99. The highest BCUT2D eigenvalue weighted by molar-refractivity contribution is 6.01. The lowest BCUT2D eigenvalue weighted by Gasteiger charge is -2.14. The van der Waals surface area contributed by atoms with E-state index in [1.165, 1.54) is 17.0 Å². The Morgan fingerprint density at radius 3 is 2.07 bits per heavy atom. The van der Waals surface area contributed by atoms with Crippen molar-refractivity contribution in [1.82, 2.24) is 15.5 Å². The lowest BCUT2D eigenvalue weighted by Crippen LogP contribution is -2.30. The molecular formula is C22H23N3O5. The fourth-order valence-electron chi connectivity index (χ4n) is 3.09. The summed E-state index contributed by atoms with van der Waals surface area (Å²) in [5, 5.41) is 14.9. The lowest BCUT2D eigenvalue weighted by atomic mass is 10.1. The molecule has 1 fully saturated rings. The molecule has 1 aliphatic heterocycles. The van der Waals surface area contributed by atoms with E-state index in [2.05, 4.69) is 10.6 Å². The molecule has 0 unspecified atom stereocenters. The minimum absolute atomic E-state index is 0.0274. The molecule has 156 valence electrons. The van der Waals surface area contributed by atoms with Gasteiger partial charge in [-0.3, -0.25) is 24.1 Å². The van der Waals surface area contributed by atoms with E-state index in [0.717, 1.165) is 5.56 Å². The molecule has 2 aromatic carbocycles. The van der Waals surface area contributed by atoms with E-state index in [1.807, 2.05) is 0 Å². The Hall–Kier alpha value is -3.68. The van der Waals surface area contributed by atoms with E-state index in [-0.39, 0.29) is 48.8 Å². The Morgan fingerprint density at radius 2 is 1.47 bits per heavy atom. The van der Waals surface area contributed by atoms with Gasteiger partial charge in [-0.15, -0.1) is 0 Å². The van der Waals surface area contributed by atoms with Crippen molar-refractivity contribution in [2.75, 3.05) is 13.1 Å². The maximum Gasteiger partial charge on any atom is 0.251 e. The van der Waals surface area contributed by atoms with Gasteiger partial charge < -0.3 is 15.7 Å². The van der Waals surface area contributed by atoms with Crippen molar-refractivity contribution >= 4 is 23.6 Å². The molecule has 3 N–H and O–H groups in total. The molecule has 0 aliphatic carbocycles.